The van der Waals surface area contributed by atoms with Gasteiger partial charge in [0, 0.05) is 22.6 Å². The summed E-state index contributed by atoms with van der Waals surface area (Å²) >= 11 is 6.00. The van der Waals surface area contributed by atoms with Crippen molar-refractivity contribution in [1.82, 2.24) is 5.32 Å². The fourth-order valence-corrected chi connectivity index (χ4v) is 3.95. The zero-order chi connectivity index (χ0) is 18.6. The summed E-state index contributed by atoms with van der Waals surface area (Å²) in [5.41, 5.74) is 3.36. The molecule has 1 unspecified atom stereocenters. The Morgan fingerprint density at radius 2 is 1.96 bits per heavy atom. The average molecular weight is 382 g/mol. The summed E-state index contributed by atoms with van der Waals surface area (Å²) in [7, 11) is 0. The van der Waals surface area contributed by atoms with E-state index in [1.54, 1.807) is 30.5 Å². The van der Waals surface area contributed by atoms with Gasteiger partial charge in [-0.1, -0.05) is 41.9 Å². The van der Waals surface area contributed by atoms with E-state index in [4.69, 9.17) is 16.0 Å². The van der Waals surface area contributed by atoms with Crippen LogP contribution in [0.4, 0.5) is 0 Å². The van der Waals surface area contributed by atoms with Gasteiger partial charge in [0.25, 0.3) is 5.91 Å². The highest BCUT2D eigenvalue weighted by Gasteiger charge is 2.30. The van der Waals surface area contributed by atoms with Crippen LogP contribution in [0.25, 0.3) is 0 Å². The number of carbonyl (C=O) groups excluding carboxylic acids is 1. The Morgan fingerprint density at radius 1 is 1.11 bits per heavy atom. The molecule has 4 rings (SSSR count). The van der Waals surface area contributed by atoms with Gasteiger partial charge in [0.15, 0.2) is 11.8 Å². The first kappa shape index (κ1) is 17.8. The quantitative estimate of drug-likeness (QED) is 0.713. The third-order valence-corrected chi connectivity index (χ3v) is 5.42. The Bertz CT molecular complexity index is 924. The van der Waals surface area contributed by atoms with Gasteiger partial charge in [-0.25, -0.2) is 0 Å². The van der Waals surface area contributed by atoms with Crippen molar-refractivity contribution in [2.45, 2.75) is 19.0 Å². The number of carbonyl (C=O) groups is 1. The summed E-state index contributed by atoms with van der Waals surface area (Å²) in [6.07, 6.45) is 2.73. The maximum Gasteiger partial charge on any atom is 0.251 e. The van der Waals surface area contributed by atoms with Crippen molar-refractivity contribution in [3.8, 4) is 0 Å². The van der Waals surface area contributed by atoms with E-state index >= 15 is 0 Å². The van der Waals surface area contributed by atoms with E-state index < -0.39 is 0 Å². The van der Waals surface area contributed by atoms with Crippen molar-refractivity contribution in [2.24, 2.45) is 0 Å². The summed E-state index contributed by atoms with van der Waals surface area (Å²) in [6, 6.07) is 19.5. The second kappa shape index (κ2) is 7.99. The zero-order valence-corrected chi connectivity index (χ0v) is 15.7. The topological polar surface area (TPSA) is 46.7 Å². The Hall–Kier alpha value is -2.56. The second-order valence-electron chi connectivity index (χ2n) is 6.89. The molecule has 2 aromatic carbocycles. The van der Waals surface area contributed by atoms with Gasteiger partial charge in [0.1, 0.15) is 6.54 Å². The summed E-state index contributed by atoms with van der Waals surface area (Å²) < 4.78 is 5.70. The molecule has 0 saturated heterocycles. The van der Waals surface area contributed by atoms with Crippen LogP contribution in [0.5, 0.6) is 0 Å². The first-order valence-electron chi connectivity index (χ1n) is 9.19. The molecule has 0 bridgehead atoms. The molecule has 0 fully saturated rings. The van der Waals surface area contributed by atoms with Gasteiger partial charge in [0.2, 0.25) is 0 Å². The number of rotatable bonds is 5. The Morgan fingerprint density at radius 3 is 2.74 bits per heavy atom. The third-order valence-electron chi connectivity index (χ3n) is 5.18. The number of nitrogens with one attached hydrogen (secondary N) is 2. The minimum Gasteiger partial charge on any atom is -0.463 e. The summed E-state index contributed by atoms with van der Waals surface area (Å²) in [5.74, 6) is 0.779. The van der Waals surface area contributed by atoms with E-state index in [1.165, 1.54) is 16.0 Å². The van der Waals surface area contributed by atoms with Crippen molar-refractivity contribution in [3.05, 3.63) is 94.4 Å². The van der Waals surface area contributed by atoms with Gasteiger partial charge in [-0.05, 0) is 35.9 Å². The van der Waals surface area contributed by atoms with Crippen molar-refractivity contribution >= 4 is 17.5 Å². The number of benzene rings is 2. The van der Waals surface area contributed by atoms with E-state index in [0.29, 0.717) is 17.1 Å². The molecule has 138 valence electrons. The summed E-state index contributed by atoms with van der Waals surface area (Å²) in [4.78, 5) is 13.9. The zero-order valence-electron chi connectivity index (χ0n) is 15.0. The lowest BCUT2D eigenvalue weighted by Gasteiger charge is -2.31. The molecule has 5 heteroatoms. The van der Waals surface area contributed by atoms with E-state index in [9.17, 15) is 4.79 Å². The van der Waals surface area contributed by atoms with Crippen LogP contribution in [0.15, 0.2) is 71.3 Å². The SMILES string of the molecule is O=C(NC[C@H](c1ccco1)[NH+]1CCc2ccccc2C1)c1cccc(Cl)c1. The predicted octanol–water partition coefficient (Wildman–Crippen LogP) is 3.05. The number of hydrogen-bond donors (Lipinski definition) is 2. The van der Waals surface area contributed by atoms with Gasteiger partial charge in [0.05, 0.1) is 19.4 Å². The van der Waals surface area contributed by atoms with Crippen LogP contribution < -0.4 is 10.2 Å². The first-order valence-corrected chi connectivity index (χ1v) is 9.57. The Labute approximate surface area is 163 Å². The van der Waals surface area contributed by atoms with E-state index in [1.807, 2.05) is 12.1 Å². The van der Waals surface area contributed by atoms with Gasteiger partial charge >= 0.3 is 0 Å². The van der Waals surface area contributed by atoms with Crippen LogP contribution in [0, 0.1) is 0 Å². The molecule has 1 aliphatic heterocycles. The van der Waals surface area contributed by atoms with Crippen molar-refractivity contribution in [2.75, 3.05) is 13.1 Å². The maximum absolute atomic E-state index is 12.5. The van der Waals surface area contributed by atoms with E-state index in [2.05, 4.69) is 29.6 Å². The van der Waals surface area contributed by atoms with E-state index in [-0.39, 0.29) is 11.9 Å². The molecule has 2 atom stereocenters. The number of hydrogen-bond acceptors (Lipinski definition) is 2. The predicted molar refractivity (Wildman–Crippen MR) is 105 cm³/mol. The summed E-state index contributed by atoms with van der Waals surface area (Å²) in [6.45, 7) is 2.44. The number of furan rings is 1. The Balaban J connectivity index is 1.50. The summed E-state index contributed by atoms with van der Waals surface area (Å²) in [5, 5.41) is 3.62. The van der Waals surface area contributed by atoms with Crippen LogP contribution in [0.1, 0.15) is 33.3 Å². The molecule has 4 nitrogen and oxygen atoms in total. The van der Waals surface area contributed by atoms with Crippen molar-refractivity contribution in [3.63, 3.8) is 0 Å². The molecule has 1 aromatic heterocycles. The van der Waals surface area contributed by atoms with Gasteiger partial charge < -0.3 is 14.6 Å². The smallest absolute Gasteiger partial charge is 0.251 e. The monoisotopic (exact) mass is 381 g/mol. The van der Waals surface area contributed by atoms with Crippen LogP contribution in [0.2, 0.25) is 5.02 Å². The molecule has 0 radical (unpaired) electrons. The molecule has 1 aliphatic rings. The minimum absolute atomic E-state index is 0.0662. The van der Waals surface area contributed by atoms with Crippen molar-refractivity contribution in [1.29, 1.82) is 0 Å². The van der Waals surface area contributed by atoms with Crippen LogP contribution in [-0.4, -0.2) is 19.0 Å². The minimum atomic E-state index is -0.120. The fourth-order valence-electron chi connectivity index (χ4n) is 3.76. The van der Waals surface area contributed by atoms with Crippen LogP contribution >= 0.6 is 11.6 Å². The highest BCUT2D eigenvalue weighted by atomic mass is 35.5. The molecule has 2 N–H and O–H groups in total. The number of quaternary nitrogens is 1. The van der Waals surface area contributed by atoms with Gasteiger partial charge in [-0.3, -0.25) is 4.79 Å². The molecule has 27 heavy (non-hydrogen) atoms. The average Bonchev–Trinajstić information content (AvgIpc) is 3.22. The lowest BCUT2D eigenvalue weighted by atomic mass is 9.98. The molecule has 0 spiro atoms. The first-order chi connectivity index (χ1) is 13.2. The molecule has 0 saturated carbocycles. The molecule has 0 aliphatic carbocycles. The number of halogens is 1. The number of amides is 1. The van der Waals surface area contributed by atoms with Gasteiger partial charge in [-0.15, -0.1) is 0 Å². The maximum atomic E-state index is 12.5. The normalized spacial score (nSPS) is 17.1. The largest absolute Gasteiger partial charge is 0.463 e. The third kappa shape index (κ3) is 4.07. The lowest BCUT2D eigenvalue weighted by Crippen LogP contribution is -3.12. The van der Waals surface area contributed by atoms with E-state index in [0.717, 1.165) is 25.3 Å². The van der Waals surface area contributed by atoms with Gasteiger partial charge in [-0.2, -0.15) is 0 Å². The lowest BCUT2D eigenvalue weighted by molar-refractivity contribution is -0.946. The molecule has 2 heterocycles. The standard InChI is InChI=1S/C22H21ClN2O2/c23-19-8-3-7-17(13-19)22(26)24-14-20(21-9-4-12-27-21)25-11-10-16-5-1-2-6-18(16)15-25/h1-9,12-13,20H,10-11,14-15H2,(H,24,26)/p+1/t20-/m1/s1. The number of fused-ring (bicyclic) bond motifs is 1. The van der Waals surface area contributed by atoms with Crippen molar-refractivity contribution < 1.29 is 14.1 Å². The molecular formula is C22H22ClN2O2+. The molecule has 3 aromatic rings. The molecule has 1 amide bonds. The fraction of sp³-hybridized carbons (Fsp3) is 0.227. The molecular weight excluding hydrogens is 360 g/mol. The van der Waals surface area contributed by atoms with Crippen LogP contribution in [0.3, 0.4) is 0 Å². The highest BCUT2D eigenvalue weighted by molar-refractivity contribution is 6.30. The highest BCUT2D eigenvalue weighted by Crippen LogP contribution is 2.16. The van der Waals surface area contributed by atoms with Crippen LogP contribution in [-0.2, 0) is 13.0 Å². The Kier molecular flexibility index (Phi) is 5.28. The second-order valence-corrected chi connectivity index (χ2v) is 7.33.